The third-order valence-corrected chi connectivity index (χ3v) is 5.42. The van der Waals surface area contributed by atoms with Crippen molar-refractivity contribution in [3.63, 3.8) is 0 Å². The van der Waals surface area contributed by atoms with Gasteiger partial charge in [0.15, 0.2) is 0 Å². The van der Waals surface area contributed by atoms with Crippen LogP contribution >= 0.6 is 0 Å². The highest BCUT2D eigenvalue weighted by Crippen LogP contribution is 2.17. The van der Waals surface area contributed by atoms with Gasteiger partial charge in [-0.3, -0.25) is 9.69 Å². The van der Waals surface area contributed by atoms with Gasteiger partial charge in [-0.25, -0.2) is 9.97 Å². The number of hydrogen-bond acceptors (Lipinski definition) is 5. The standard InChI is InChI=1S/C22H27N5O/c28-22(20-17-24-21(18-23-20)26-11-4-5-12-26)27-15-13-25(14-16-27)10-6-9-19-7-2-1-3-8-19/h1-3,6-9,17-18H,4-5,10-16H2/b9-6+. The number of anilines is 1. The summed E-state index contributed by atoms with van der Waals surface area (Å²) in [4.78, 5) is 28.0. The molecule has 28 heavy (non-hydrogen) atoms. The molecule has 1 aromatic heterocycles. The molecule has 146 valence electrons. The number of aromatic nitrogens is 2. The lowest BCUT2D eigenvalue weighted by Crippen LogP contribution is -2.48. The zero-order chi connectivity index (χ0) is 19.2. The minimum atomic E-state index is -0.0139. The lowest BCUT2D eigenvalue weighted by molar-refractivity contribution is 0.0644. The maximum atomic E-state index is 12.7. The molecule has 1 amide bonds. The summed E-state index contributed by atoms with van der Waals surface area (Å²) in [5.41, 5.74) is 1.66. The summed E-state index contributed by atoms with van der Waals surface area (Å²) in [6.45, 7) is 6.18. The van der Waals surface area contributed by atoms with Crippen LogP contribution in [-0.2, 0) is 0 Å². The Hall–Kier alpha value is -2.73. The van der Waals surface area contributed by atoms with E-state index in [9.17, 15) is 4.79 Å². The Labute approximate surface area is 166 Å². The van der Waals surface area contributed by atoms with Crippen LogP contribution in [0, 0.1) is 0 Å². The molecule has 0 atom stereocenters. The minimum Gasteiger partial charge on any atom is -0.355 e. The van der Waals surface area contributed by atoms with E-state index in [1.165, 1.54) is 18.4 Å². The largest absolute Gasteiger partial charge is 0.355 e. The number of benzene rings is 1. The summed E-state index contributed by atoms with van der Waals surface area (Å²) in [6, 6.07) is 10.3. The lowest BCUT2D eigenvalue weighted by Gasteiger charge is -2.34. The number of amides is 1. The van der Waals surface area contributed by atoms with E-state index in [1.807, 2.05) is 23.1 Å². The minimum absolute atomic E-state index is 0.0139. The predicted octanol–water partition coefficient (Wildman–Crippen LogP) is 2.55. The van der Waals surface area contributed by atoms with E-state index in [0.29, 0.717) is 5.69 Å². The summed E-state index contributed by atoms with van der Waals surface area (Å²) in [6.07, 6.45) is 10.1. The molecule has 0 spiro atoms. The SMILES string of the molecule is O=C(c1cnc(N2CCCC2)cn1)N1CCN(C/C=C/c2ccccc2)CC1. The van der Waals surface area contributed by atoms with Crippen LogP contribution in [-0.4, -0.2) is 71.5 Å². The second kappa shape index (κ2) is 8.97. The van der Waals surface area contributed by atoms with Crippen molar-refractivity contribution < 1.29 is 4.79 Å². The average Bonchev–Trinajstić information content (AvgIpc) is 3.30. The van der Waals surface area contributed by atoms with Gasteiger partial charge in [0.25, 0.3) is 5.91 Å². The summed E-state index contributed by atoms with van der Waals surface area (Å²) in [7, 11) is 0. The zero-order valence-electron chi connectivity index (χ0n) is 16.2. The van der Waals surface area contributed by atoms with Gasteiger partial charge in [-0.05, 0) is 18.4 Å². The van der Waals surface area contributed by atoms with Crippen LogP contribution in [0.3, 0.4) is 0 Å². The van der Waals surface area contributed by atoms with Crippen molar-refractivity contribution in [1.29, 1.82) is 0 Å². The van der Waals surface area contributed by atoms with Crippen molar-refractivity contribution in [2.24, 2.45) is 0 Å². The molecule has 2 aromatic rings. The molecular formula is C22H27N5O. The van der Waals surface area contributed by atoms with Gasteiger partial charge in [0.05, 0.1) is 12.4 Å². The van der Waals surface area contributed by atoms with Crippen LogP contribution in [0.25, 0.3) is 6.08 Å². The van der Waals surface area contributed by atoms with E-state index in [1.54, 1.807) is 12.4 Å². The maximum Gasteiger partial charge on any atom is 0.274 e. The molecule has 2 fully saturated rings. The molecule has 3 heterocycles. The van der Waals surface area contributed by atoms with Crippen LogP contribution in [0.2, 0.25) is 0 Å². The second-order valence-corrected chi connectivity index (χ2v) is 7.36. The maximum absolute atomic E-state index is 12.7. The first kappa shape index (κ1) is 18.6. The molecule has 6 nitrogen and oxygen atoms in total. The molecule has 0 bridgehead atoms. The summed E-state index contributed by atoms with van der Waals surface area (Å²) in [5.74, 6) is 0.865. The molecule has 6 heteroatoms. The Kier molecular flexibility index (Phi) is 5.97. The highest BCUT2D eigenvalue weighted by Gasteiger charge is 2.23. The van der Waals surface area contributed by atoms with Crippen molar-refractivity contribution in [2.45, 2.75) is 12.8 Å². The number of rotatable bonds is 5. The van der Waals surface area contributed by atoms with E-state index in [2.05, 4.69) is 44.1 Å². The molecule has 4 rings (SSSR count). The van der Waals surface area contributed by atoms with Gasteiger partial charge in [-0.15, -0.1) is 0 Å². The topological polar surface area (TPSA) is 52.6 Å². The highest BCUT2D eigenvalue weighted by molar-refractivity contribution is 5.92. The fourth-order valence-electron chi connectivity index (χ4n) is 3.74. The van der Waals surface area contributed by atoms with Crippen LogP contribution in [0.15, 0.2) is 48.8 Å². The number of hydrogen-bond donors (Lipinski definition) is 0. The van der Waals surface area contributed by atoms with E-state index in [0.717, 1.165) is 51.6 Å². The predicted molar refractivity (Wildman–Crippen MR) is 111 cm³/mol. The molecule has 0 N–H and O–H groups in total. The van der Waals surface area contributed by atoms with Crippen molar-refractivity contribution in [1.82, 2.24) is 19.8 Å². The van der Waals surface area contributed by atoms with Gasteiger partial charge in [-0.2, -0.15) is 0 Å². The molecular weight excluding hydrogens is 350 g/mol. The molecule has 0 radical (unpaired) electrons. The monoisotopic (exact) mass is 377 g/mol. The van der Waals surface area contributed by atoms with Crippen molar-refractivity contribution in [2.75, 3.05) is 50.7 Å². The summed E-state index contributed by atoms with van der Waals surface area (Å²) >= 11 is 0. The third-order valence-electron chi connectivity index (χ3n) is 5.42. The number of nitrogens with zero attached hydrogens (tertiary/aromatic N) is 5. The number of carbonyl (C=O) groups is 1. The smallest absolute Gasteiger partial charge is 0.274 e. The Morgan fingerprint density at radius 1 is 0.929 bits per heavy atom. The van der Waals surface area contributed by atoms with Gasteiger partial charge in [0.1, 0.15) is 11.5 Å². The molecule has 2 aliphatic heterocycles. The van der Waals surface area contributed by atoms with Crippen LogP contribution in [0.1, 0.15) is 28.9 Å². The Morgan fingerprint density at radius 2 is 1.68 bits per heavy atom. The van der Waals surface area contributed by atoms with Crippen molar-refractivity contribution in [3.8, 4) is 0 Å². The Bertz CT molecular complexity index is 791. The fourth-order valence-corrected chi connectivity index (χ4v) is 3.74. The number of carbonyl (C=O) groups excluding carboxylic acids is 1. The van der Waals surface area contributed by atoms with E-state index in [4.69, 9.17) is 0 Å². The van der Waals surface area contributed by atoms with Gasteiger partial charge in [0.2, 0.25) is 0 Å². The van der Waals surface area contributed by atoms with E-state index < -0.39 is 0 Å². The number of piperazine rings is 1. The summed E-state index contributed by atoms with van der Waals surface area (Å²) in [5, 5.41) is 0. The van der Waals surface area contributed by atoms with Crippen molar-refractivity contribution in [3.05, 3.63) is 60.1 Å². The summed E-state index contributed by atoms with van der Waals surface area (Å²) < 4.78 is 0. The lowest BCUT2D eigenvalue weighted by atomic mass is 10.2. The molecule has 0 saturated carbocycles. The first-order valence-corrected chi connectivity index (χ1v) is 10.1. The van der Waals surface area contributed by atoms with Gasteiger partial charge in [-0.1, -0.05) is 42.5 Å². The fraction of sp³-hybridized carbons (Fsp3) is 0.409. The molecule has 0 unspecified atom stereocenters. The molecule has 1 aromatic carbocycles. The van der Waals surface area contributed by atoms with Gasteiger partial charge >= 0.3 is 0 Å². The van der Waals surface area contributed by atoms with E-state index >= 15 is 0 Å². The second-order valence-electron chi connectivity index (χ2n) is 7.36. The zero-order valence-corrected chi connectivity index (χ0v) is 16.2. The van der Waals surface area contributed by atoms with Crippen LogP contribution < -0.4 is 4.90 Å². The van der Waals surface area contributed by atoms with Crippen LogP contribution in [0.4, 0.5) is 5.82 Å². The quantitative estimate of drug-likeness (QED) is 0.802. The van der Waals surface area contributed by atoms with Gasteiger partial charge in [0, 0.05) is 45.8 Å². The molecule has 2 aliphatic rings. The normalized spacial score (nSPS) is 18.1. The third kappa shape index (κ3) is 4.57. The molecule has 0 aliphatic carbocycles. The Morgan fingerprint density at radius 3 is 2.36 bits per heavy atom. The average molecular weight is 377 g/mol. The first-order chi connectivity index (χ1) is 13.8. The van der Waals surface area contributed by atoms with E-state index in [-0.39, 0.29) is 5.91 Å². The first-order valence-electron chi connectivity index (χ1n) is 10.1. The highest BCUT2D eigenvalue weighted by atomic mass is 16.2. The molecule has 2 saturated heterocycles. The van der Waals surface area contributed by atoms with Crippen LogP contribution in [0.5, 0.6) is 0 Å². The van der Waals surface area contributed by atoms with Crippen molar-refractivity contribution >= 4 is 17.8 Å². The van der Waals surface area contributed by atoms with Gasteiger partial charge < -0.3 is 9.80 Å². The Balaban J connectivity index is 1.26.